The standard InChI is InChI=1S/C58H47N/c1-3-57(4-2)54-35-41(27-32-50(54)52-34-31-48(37-56(52)57)59(46-17-7-5-8-18-46)47-19-9-6-10-20-47)24-23-40-25-28-42(29-26-40)43-30-33-51-49-21-13-14-22-53(49)58(55(51)36-43)38-44-15-11-12-16-45(44)39-58/h5-37H,3-4,38-39H2,1-2H3/b24-23+. The van der Waals surface area contributed by atoms with Crippen molar-refractivity contribution in [3.63, 3.8) is 0 Å². The second-order valence-corrected chi connectivity index (χ2v) is 16.8. The van der Waals surface area contributed by atoms with Crippen molar-refractivity contribution in [2.45, 2.75) is 50.4 Å². The quantitative estimate of drug-likeness (QED) is 0.140. The van der Waals surface area contributed by atoms with E-state index in [0.29, 0.717) is 0 Å². The number of fused-ring (bicyclic) bond motifs is 9. The normalized spacial score (nSPS) is 14.8. The summed E-state index contributed by atoms with van der Waals surface area (Å²) in [5.41, 5.74) is 22.8. The largest absolute Gasteiger partial charge is 0.310 e. The highest BCUT2D eigenvalue weighted by molar-refractivity contribution is 5.88. The fraction of sp³-hybridized carbons (Fsp3) is 0.138. The summed E-state index contributed by atoms with van der Waals surface area (Å²) in [7, 11) is 0. The lowest BCUT2D eigenvalue weighted by molar-refractivity contribution is 0.490. The minimum Gasteiger partial charge on any atom is -0.310 e. The van der Waals surface area contributed by atoms with E-state index in [1.807, 2.05) is 0 Å². The van der Waals surface area contributed by atoms with E-state index in [1.165, 1.54) is 83.6 Å². The molecule has 1 heteroatoms. The molecule has 59 heavy (non-hydrogen) atoms. The van der Waals surface area contributed by atoms with Crippen LogP contribution in [0.4, 0.5) is 17.1 Å². The molecule has 0 bridgehead atoms. The molecular weight excluding hydrogens is 711 g/mol. The molecule has 0 amide bonds. The maximum Gasteiger partial charge on any atom is 0.0465 e. The van der Waals surface area contributed by atoms with Gasteiger partial charge in [0.1, 0.15) is 0 Å². The highest BCUT2D eigenvalue weighted by atomic mass is 15.1. The maximum atomic E-state index is 2.49. The van der Waals surface area contributed by atoms with Crippen LogP contribution in [0.5, 0.6) is 0 Å². The van der Waals surface area contributed by atoms with Gasteiger partial charge < -0.3 is 4.90 Å². The maximum absolute atomic E-state index is 2.49. The third-order valence-electron chi connectivity index (χ3n) is 13.9. The van der Waals surface area contributed by atoms with Gasteiger partial charge in [-0.15, -0.1) is 0 Å². The van der Waals surface area contributed by atoms with Gasteiger partial charge in [0.05, 0.1) is 0 Å². The summed E-state index contributed by atoms with van der Waals surface area (Å²) in [4.78, 5) is 2.38. The average Bonchev–Trinajstić information content (AvgIpc) is 3.92. The molecule has 0 unspecified atom stereocenters. The molecule has 0 N–H and O–H groups in total. The number of nitrogens with zero attached hydrogens (tertiary/aromatic N) is 1. The van der Waals surface area contributed by atoms with Gasteiger partial charge in [-0.25, -0.2) is 0 Å². The lowest BCUT2D eigenvalue weighted by atomic mass is 9.73. The highest BCUT2D eigenvalue weighted by Gasteiger charge is 2.47. The summed E-state index contributed by atoms with van der Waals surface area (Å²) < 4.78 is 0. The number of para-hydroxylation sites is 2. The molecule has 3 aliphatic carbocycles. The minimum atomic E-state index is -0.0533. The Hall–Kier alpha value is -6.70. The van der Waals surface area contributed by atoms with Gasteiger partial charge in [-0.1, -0.05) is 172 Å². The molecule has 0 aromatic heterocycles. The first kappa shape index (κ1) is 35.5. The number of hydrogen-bond donors (Lipinski definition) is 0. The first-order valence-electron chi connectivity index (χ1n) is 21.4. The van der Waals surface area contributed by atoms with Gasteiger partial charge in [0.2, 0.25) is 0 Å². The van der Waals surface area contributed by atoms with Gasteiger partial charge in [0.25, 0.3) is 0 Å². The zero-order valence-corrected chi connectivity index (χ0v) is 33.8. The zero-order valence-electron chi connectivity index (χ0n) is 33.8. The fourth-order valence-corrected chi connectivity index (χ4v) is 11.0. The molecule has 11 rings (SSSR count). The Bertz CT molecular complexity index is 2830. The van der Waals surface area contributed by atoms with Gasteiger partial charge in [-0.05, 0) is 146 Å². The second kappa shape index (κ2) is 14.0. The van der Waals surface area contributed by atoms with Crippen LogP contribution < -0.4 is 4.90 Å². The Labute approximate surface area is 349 Å². The topological polar surface area (TPSA) is 3.24 Å². The van der Waals surface area contributed by atoms with Gasteiger partial charge in [-0.3, -0.25) is 0 Å². The Balaban J connectivity index is 0.884. The van der Waals surface area contributed by atoms with Crippen molar-refractivity contribution in [3.05, 3.63) is 233 Å². The zero-order chi connectivity index (χ0) is 39.6. The lowest BCUT2D eigenvalue weighted by Crippen LogP contribution is -2.25. The van der Waals surface area contributed by atoms with E-state index in [1.54, 1.807) is 0 Å². The number of hydrogen-bond acceptors (Lipinski definition) is 1. The number of anilines is 3. The summed E-state index contributed by atoms with van der Waals surface area (Å²) >= 11 is 0. The third-order valence-corrected chi connectivity index (χ3v) is 13.9. The molecule has 0 aliphatic heterocycles. The summed E-state index contributed by atoms with van der Waals surface area (Å²) in [6, 6.07) is 70.2. The van der Waals surface area contributed by atoms with E-state index >= 15 is 0 Å². The first-order chi connectivity index (χ1) is 29.1. The lowest BCUT2D eigenvalue weighted by Gasteiger charge is -2.32. The van der Waals surface area contributed by atoms with Crippen molar-refractivity contribution >= 4 is 29.2 Å². The predicted octanol–water partition coefficient (Wildman–Crippen LogP) is 15.1. The van der Waals surface area contributed by atoms with Crippen molar-refractivity contribution in [2.24, 2.45) is 0 Å². The molecule has 0 atom stereocenters. The average molecular weight is 758 g/mol. The van der Waals surface area contributed by atoms with Crippen LogP contribution in [-0.4, -0.2) is 0 Å². The molecule has 0 saturated heterocycles. The summed E-state index contributed by atoms with van der Waals surface area (Å²) in [6.45, 7) is 4.72. The van der Waals surface area contributed by atoms with Crippen molar-refractivity contribution in [3.8, 4) is 33.4 Å². The van der Waals surface area contributed by atoms with Crippen LogP contribution in [0.2, 0.25) is 0 Å². The van der Waals surface area contributed by atoms with Gasteiger partial charge in [0.15, 0.2) is 0 Å². The van der Waals surface area contributed by atoms with Crippen LogP contribution in [0, 0.1) is 0 Å². The fourth-order valence-electron chi connectivity index (χ4n) is 11.0. The molecule has 0 fully saturated rings. The third kappa shape index (κ3) is 5.59. The molecular formula is C58H47N. The predicted molar refractivity (Wildman–Crippen MR) is 249 cm³/mol. The van der Waals surface area contributed by atoms with Crippen LogP contribution in [0.3, 0.4) is 0 Å². The van der Waals surface area contributed by atoms with E-state index in [4.69, 9.17) is 0 Å². The van der Waals surface area contributed by atoms with E-state index in [-0.39, 0.29) is 10.8 Å². The van der Waals surface area contributed by atoms with E-state index in [9.17, 15) is 0 Å². The summed E-state index contributed by atoms with van der Waals surface area (Å²) in [6.07, 6.45) is 8.78. The number of rotatable bonds is 8. The van der Waals surface area contributed by atoms with Crippen LogP contribution in [0.25, 0.3) is 45.5 Å². The van der Waals surface area contributed by atoms with Crippen LogP contribution in [0.1, 0.15) is 71.2 Å². The minimum absolute atomic E-state index is 0.00559. The monoisotopic (exact) mass is 757 g/mol. The molecule has 0 saturated carbocycles. The van der Waals surface area contributed by atoms with E-state index < -0.39 is 0 Å². The Kier molecular flexibility index (Phi) is 8.41. The van der Waals surface area contributed by atoms with Crippen molar-refractivity contribution in [2.75, 3.05) is 4.90 Å². The SMILES string of the molecule is CCC1(CC)c2cc(/C=C/c3ccc(-c4ccc5c(c4)C4(Cc6ccccc6C4)c4ccccc4-5)cc3)ccc2-c2ccc(N(c3ccccc3)c3ccccc3)cc21. The van der Waals surface area contributed by atoms with Crippen LogP contribution in [-0.2, 0) is 23.7 Å². The van der Waals surface area contributed by atoms with Gasteiger partial charge in [0, 0.05) is 27.9 Å². The molecule has 8 aromatic rings. The Morgan fingerprint density at radius 1 is 0.407 bits per heavy atom. The van der Waals surface area contributed by atoms with Crippen molar-refractivity contribution in [1.29, 1.82) is 0 Å². The molecule has 1 spiro atoms. The van der Waals surface area contributed by atoms with Crippen LogP contribution >= 0.6 is 0 Å². The summed E-state index contributed by atoms with van der Waals surface area (Å²) in [5, 5.41) is 0. The van der Waals surface area contributed by atoms with Crippen LogP contribution in [0.15, 0.2) is 188 Å². The van der Waals surface area contributed by atoms with Crippen molar-refractivity contribution < 1.29 is 0 Å². The van der Waals surface area contributed by atoms with Gasteiger partial charge in [-0.2, -0.15) is 0 Å². The van der Waals surface area contributed by atoms with E-state index in [0.717, 1.165) is 37.1 Å². The van der Waals surface area contributed by atoms with Crippen molar-refractivity contribution in [1.82, 2.24) is 0 Å². The van der Waals surface area contributed by atoms with Gasteiger partial charge >= 0.3 is 0 Å². The molecule has 8 aromatic carbocycles. The highest BCUT2D eigenvalue weighted by Crippen LogP contribution is 2.57. The molecule has 0 radical (unpaired) electrons. The molecule has 3 aliphatic rings. The smallest absolute Gasteiger partial charge is 0.0465 e. The van der Waals surface area contributed by atoms with E-state index in [2.05, 4.69) is 219 Å². The molecule has 1 nitrogen and oxygen atoms in total. The second-order valence-electron chi connectivity index (χ2n) is 16.8. The molecule has 0 heterocycles. The molecule has 284 valence electrons. The number of benzene rings is 8. The Morgan fingerprint density at radius 3 is 1.59 bits per heavy atom. The first-order valence-corrected chi connectivity index (χ1v) is 21.4. The summed E-state index contributed by atoms with van der Waals surface area (Å²) in [5.74, 6) is 0. The Morgan fingerprint density at radius 2 is 0.915 bits per heavy atom.